The second-order valence-corrected chi connectivity index (χ2v) is 4.46. The van der Waals surface area contributed by atoms with Crippen LogP contribution in [0.3, 0.4) is 0 Å². The number of nitrogens with two attached hydrogens (primary N) is 1. The Morgan fingerprint density at radius 2 is 1.93 bits per heavy atom. The molecule has 1 aromatic rings. The zero-order chi connectivity index (χ0) is 10.3. The first-order valence-corrected chi connectivity index (χ1v) is 5.67. The molecule has 0 unspecified atom stereocenters. The second-order valence-electron chi connectivity index (χ2n) is 4.46. The lowest BCUT2D eigenvalue weighted by Gasteiger charge is -2.17. The Morgan fingerprint density at radius 3 is 2.67 bits per heavy atom. The molecule has 1 aromatic heterocycles. The molecule has 0 spiro atoms. The first kappa shape index (κ1) is 9.09. The van der Waals surface area contributed by atoms with E-state index in [1.165, 1.54) is 12.8 Å². The SMILES string of the molecule is Nc1cnc2c(n1)CCN(C1CC1)CC2. The van der Waals surface area contributed by atoms with E-state index < -0.39 is 0 Å². The maximum absolute atomic E-state index is 5.65. The van der Waals surface area contributed by atoms with Gasteiger partial charge in [-0.15, -0.1) is 0 Å². The molecule has 3 rings (SSSR count). The molecule has 0 amide bonds. The van der Waals surface area contributed by atoms with Crippen LogP contribution >= 0.6 is 0 Å². The van der Waals surface area contributed by atoms with E-state index in [9.17, 15) is 0 Å². The van der Waals surface area contributed by atoms with Crippen molar-refractivity contribution in [2.45, 2.75) is 31.7 Å². The summed E-state index contributed by atoms with van der Waals surface area (Å²) in [6, 6.07) is 0.844. The highest BCUT2D eigenvalue weighted by Crippen LogP contribution is 2.28. The van der Waals surface area contributed by atoms with Crippen LogP contribution in [0.5, 0.6) is 0 Å². The molecule has 0 atom stereocenters. The first-order chi connectivity index (χ1) is 7.33. The van der Waals surface area contributed by atoms with Crippen LogP contribution in [0, 0.1) is 0 Å². The van der Waals surface area contributed by atoms with Gasteiger partial charge in [-0.2, -0.15) is 0 Å². The van der Waals surface area contributed by atoms with Gasteiger partial charge in [-0.1, -0.05) is 0 Å². The Balaban J connectivity index is 1.81. The molecule has 80 valence electrons. The Morgan fingerprint density at radius 1 is 1.20 bits per heavy atom. The van der Waals surface area contributed by atoms with Gasteiger partial charge in [0.2, 0.25) is 0 Å². The quantitative estimate of drug-likeness (QED) is 0.728. The van der Waals surface area contributed by atoms with Crippen LogP contribution in [0.15, 0.2) is 6.20 Å². The van der Waals surface area contributed by atoms with Crippen LogP contribution in [0.1, 0.15) is 24.2 Å². The molecular weight excluding hydrogens is 188 g/mol. The van der Waals surface area contributed by atoms with Crippen molar-refractivity contribution in [1.29, 1.82) is 0 Å². The fourth-order valence-corrected chi connectivity index (χ4v) is 2.29. The third-order valence-electron chi connectivity index (χ3n) is 3.28. The highest BCUT2D eigenvalue weighted by atomic mass is 15.2. The molecular formula is C11H16N4. The minimum Gasteiger partial charge on any atom is -0.382 e. The van der Waals surface area contributed by atoms with E-state index in [1.54, 1.807) is 6.20 Å². The molecule has 1 fully saturated rings. The average molecular weight is 204 g/mol. The van der Waals surface area contributed by atoms with E-state index in [2.05, 4.69) is 14.9 Å². The van der Waals surface area contributed by atoms with Crippen LogP contribution in [-0.2, 0) is 12.8 Å². The molecule has 0 bridgehead atoms. The molecule has 4 heteroatoms. The van der Waals surface area contributed by atoms with Crippen molar-refractivity contribution in [2.75, 3.05) is 18.8 Å². The van der Waals surface area contributed by atoms with Gasteiger partial charge in [-0.05, 0) is 12.8 Å². The molecule has 2 heterocycles. The van der Waals surface area contributed by atoms with E-state index in [1.807, 2.05) is 0 Å². The van der Waals surface area contributed by atoms with Crippen LogP contribution < -0.4 is 5.73 Å². The normalized spacial score (nSPS) is 22.1. The highest BCUT2D eigenvalue weighted by molar-refractivity contribution is 5.28. The maximum Gasteiger partial charge on any atom is 0.142 e. The molecule has 1 saturated carbocycles. The number of hydrogen-bond donors (Lipinski definition) is 1. The van der Waals surface area contributed by atoms with Gasteiger partial charge in [0.25, 0.3) is 0 Å². The minimum absolute atomic E-state index is 0.550. The van der Waals surface area contributed by atoms with Gasteiger partial charge in [0.05, 0.1) is 17.6 Å². The Labute approximate surface area is 89.5 Å². The van der Waals surface area contributed by atoms with E-state index in [4.69, 9.17) is 5.73 Å². The van der Waals surface area contributed by atoms with E-state index in [-0.39, 0.29) is 0 Å². The Bertz CT molecular complexity index is 373. The van der Waals surface area contributed by atoms with Crippen molar-refractivity contribution in [3.05, 3.63) is 17.6 Å². The number of nitrogens with zero attached hydrogens (tertiary/aromatic N) is 3. The molecule has 1 aliphatic heterocycles. The van der Waals surface area contributed by atoms with Gasteiger partial charge < -0.3 is 5.73 Å². The van der Waals surface area contributed by atoms with Gasteiger partial charge in [0, 0.05) is 32.0 Å². The minimum atomic E-state index is 0.550. The van der Waals surface area contributed by atoms with Crippen LogP contribution in [0.2, 0.25) is 0 Å². The van der Waals surface area contributed by atoms with Crippen LogP contribution in [0.25, 0.3) is 0 Å². The topological polar surface area (TPSA) is 55.0 Å². The number of aromatic nitrogens is 2. The summed E-state index contributed by atoms with van der Waals surface area (Å²) in [7, 11) is 0. The molecule has 4 nitrogen and oxygen atoms in total. The van der Waals surface area contributed by atoms with E-state index in [0.29, 0.717) is 5.82 Å². The zero-order valence-electron chi connectivity index (χ0n) is 8.82. The summed E-state index contributed by atoms with van der Waals surface area (Å²) >= 11 is 0. The van der Waals surface area contributed by atoms with Gasteiger partial charge in [-0.25, -0.2) is 4.98 Å². The number of fused-ring (bicyclic) bond motifs is 1. The third-order valence-corrected chi connectivity index (χ3v) is 3.28. The fourth-order valence-electron chi connectivity index (χ4n) is 2.29. The second kappa shape index (κ2) is 3.45. The lowest BCUT2D eigenvalue weighted by atomic mass is 10.2. The van der Waals surface area contributed by atoms with Crippen LogP contribution in [0.4, 0.5) is 5.82 Å². The standard InChI is InChI=1S/C11H16N4/c12-11-7-13-9-3-5-15(8-1-2-8)6-4-10(9)14-11/h7-8H,1-6H2,(H2,12,14). The summed E-state index contributed by atoms with van der Waals surface area (Å²) in [5.74, 6) is 0.550. The summed E-state index contributed by atoms with van der Waals surface area (Å²) in [6.07, 6.45) is 6.45. The van der Waals surface area contributed by atoms with Crippen molar-refractivity contribution in [3.8, 4) is 0 Å². The number of rotatable bonds is 1. The smallest absolute Gasteiger partial charge is 0.142 e. The number of nitrogen functional groups attached to an aromatic ring is 1. The summed E-state index contributed by atoms with van der Waals surface area (Å²) in [4.78, 5) is 11.3. The molecule has 0 aromatic carbocycles. The largest absolute Gasteiger partial charge is 0.382 e. The molecule has 2 N–H and O–H groups in total. The lowest BCUT2D eigenvalue weighted by molar-refractivity contribution is 0.276. The molecule has 15 heavy (non-hydrogen) atoms. The number of anilines is 1. The highest BCUT2D eigenvalue weighted by Gasteiger charge is 2.30. The van der Waals surface area contributed by atoms with Crippen molar-refractivity contribution < 1.29 is 0 Å². The van der Waals surface area contributed by atoms with Gasteiger partial charge in [0.1, 0.15) is 5.82 Å². The third kappa shape index (κ3) is 1.81. The summed E-state index contributed by atoms with van der Waals surface area (Å²) in [6.45, 7) is 2.26. The molecule has 2 aliphatic rings. The average Bonchev–Trinajstić information content (AvgIpc) is 3.01. The molecule has 0 radical (unpaired) electrons. The zero-order valence-corrected chi connectivity index (χ0v) is 8.82. The number of hydrogen-bond acceptors (Lipinski definition) is 4. The predicted octanol–water partition coefficient (Wildman–Crippen LogP) is 0.622. The van der Waals surface area contributed by atoms with Crippen molar-refractivity contribution in [2.24, 2.45) is 0 Å². The van der Waals surface area contributed by atoms with Gasteiger partial charge in [0.15, 0.2) is 0 Å². The monoisotopic (exact) mass is 204 g/mol. The molecule has 1 aliphatic carbocycles. The maximum atomic E-state index is 5.65. The molecule has 0 saturated heterocycles. The first-order valence-electron chi connectivity index (χ1n) is 5.67. The fraction of sp³-hybridized carbons (Fsp3) is 0.636. The Hall–Kier alpha value is -1.16. The predicted molar refractivity (Wildman–Crippen MR) is 58.4 cm³/mol. The summed E-state index contributed by atoms with van der Waals surface area (Å²) < 4.78 is 0. The summed E-state index contributed by atoms with van der Waals surface area (Å²) in [5, 5.41) is 0. The van der Waals surface area contributed by atoms with E-state index >= 15 is 0 Å². The van der Waals surface area contributed by atoms with Crippen molar-refractivity contribution in [1.82, 2.24) is 14.9 Å². The van der Waals surface area contributed by atoms with Gasteiger partial charge in [-0.3, -0.25) is 9.88 Å². The summed E-state index contributed by atoms with van der Waals surface area (Å²) in [5.41, 5.74) is 7.91. The van der Waals surface area contributed by atoms with Crippen molar-refractivity contribution >= 4 is 5.82 Å². The van der Waals surface area contributed by atoms with E-state index in [0.717, 1.165) is 43.4 Å². The van der Waals surface area contributed by atoms with Crippen LogP contribution in [-0.4, -0.2) is 34.0 Å². The van der Waals surface area contributed by atoms with Crippen molar-refractivity contribution in [3.63, 3.8) is 0 Å². The Kier molecular flexibility index (Phi) is 2.09. The van der Waals surface area contributed by atoms with Gasteiger partial charge >= 0.3 is 0 Å². The lowest BCUT2D eigenvalue weighted by Crippen LogP contribution is -2.28.